The highest BCUT2D eigenvalue weighted by Gasteiger charge is 2.21. The third-order valence-electron chi connectivity index (χ3n) is 2.88. The van der Waals surface area contributed by atoms with Gasteiger partial charge in [0.2, 0.25) is 5.91 Å². The van der Waals surface area contributed by atoms with Gasteiger partial charge in [-0.25, -0.2) is 0 Å². The maximum Gasteiger partial charge on any atom is 0.224 e. The number of hydrogen-bond acceptors (Lipinski definition) is 4. The van der Waals surface area contributed by atoms with Crippen molar-refractivity contribution in [3.8, 4) is 0 Å². The van der Waals surface area contributed by atoms with Crippen molar-refractivity contribution in [2.75, 3.05) is 40.5 Å². The van der Waals surface area contributed by atoms with Crippen LogP contribution in [0.5, 0.6) is 0 Å². The van der Waals surface area contributed by atoms with Crippen LogP contribution in [0.25, 0.3) is 0 Å². The van der Waals surface area contributed by atoms with Crippen LogP contribution >= 0.6 is 12.4 Å². The third kappa shape index (κ3) is 5.68. The lowest BCUT2D eigenvalue weighted by Gasteiger charge is -2.28. The molecular weight excluding hydrogens is 244 g/mol. The first-order chi connectivity index (χ1) is 7.65. The summed E-state index contributed by atoms with van der Waals surface area (Å²) >= 11 is 0. The quantitative estimate of drug-likeness (QED) is 0.777. The molecule has 0 aliphatic carbocycles. The van der Waals surface area contributed by atoms with Crippen LogP contribution in [0.4, 0.5) is 0 Å². The van der Waals surface area contributed by atoms with Gasteiger partial charge in [-0.2, -0.15) is 0 Å². The molecule has 1 heterocycles. The number of amides is 1. The van der Waals surface area contributed by atoms with E-state index in [1.165, 1.54) is 0 Å². The molecule has 1 aliphatic rings. The van der Waals surface area contributed by atoms with Crippen molar-refractivity contribution < 1.29 is 14.3 Å². The molecule has 1 amide bonds. The Kier molecular flexibility index (Phi) is 8.51. The summed E-state index contributed by atoms with van der Waals surface area (Å²) in [5.41, 5.74) is 0. The predicted molar refractivity (Wildman–Crippen MR) is 68.6 cm³/mol. The highest BCUT2D eigenvalue weighted by atomic mass is 35.5. The van der Waals surface area contributed by atoms with Crippen molar-refractivity contribution in [3.63, 3.8) is 0 Å². The van der Waals surface area contributed by atoms with Gasteiger partial charge < -0.3 is 19.7 Å². The SMILES string of the molecule is COCC(C)N(C)C(=O)CC1COCCN1.Cl. The molecule has 1 N–H and O–H groups in total. The normalized spacial score (nSPS) is 21.5. The van der Waals surface area contributed by atoms with Crippen LogP contribution < -0.4 is 5.32 Å². The molecule has 1 fully saturated rings. The first-order valence-corrected chi connectivity index (χ1v) is 5.71. The van der Waals surface area contributed by atoms with Gasteiger partial charge in [0.25, 0.3) is 0 Å². The zero-order valence-corrected chi connectivity index (χ0v) is 11.6. The van der Waals surface area contributed by atoms with Gasteiger partial charge in [-0.15, -0.1) is 12.4 Å². The number of hydrogen-bond donors (Lipinski definition) is 1. The molecule has 1 saturated heterocycles. The topological polar surface area (TPSA) is 50.8 Å². The summed E-state index contributed by atoms with van der Waals surface area (Å²) in [5, 5.41) is 3.27. The van der Waals surface area contributed by atoms with E-state index in [2.05, 4.69) is 5.32 Å². The average Bonchev–Trinajstić information content (AvgIpc) is 2.29. The van der Waals surface area contributed by atoms with Gasteiger partial charge in [-0.3, -0.25) is 4.79 Å². The summed E-state index contributed by atoms with van der Waals surface area (Å²) in [4.78, 5) is 13.6. The minimum absolute atomic E-state index is 0. The zero-order chi connectivity index (χ0) is 12.0. The van der Waals surface area contributed by atoms with Crippen molar-refractivity contribution in [1.82, 2.24) is 10.2 Å². The molecule has 0 bridgehead atoms. The van der Waals surface area contributed by atoms with E-state index in [1.807, 2.05) is 14.0 Å². The van der Waals surface area contributed by atoms with E-state index in [0.717, 1.165) is 13.2 Å². The summed E-state index contributed by atoms with van der Waals surface area (Å²) in [7, 11) is 3.46. The fourth-order valence-corrected chi connectivity index (χ4v) is 1.70. The molecule has 0 radical (unpaired) electrons. The second kappa shape index (κ2) is 8.69. The van der Waals surface area contributed by atoms with Crippen LogP contribution in [0.15, 0.2) is 0 Å². The van der Waals surface area contributed by atoms with Gasteiger partial charge in [0.1, 0.15) is 0 Å². The Morgan fingerprint density at radius 2 is 2.35 bits per heavy atom. The van der Waals surface area contributed by atoms with Crippen molar-refractivity contribution in [2.24, 2.45) is 0 Å². The van der Waals surface area contributed by atoms with E-state index in [-0.39, 0.29) is 30.4 Å². The van der Waals surface area contributed by atoms with Crippen molar-refractivity contribution in [1.29, 1.82) is 0 Å². The standard InChI is InChI=1S/C11H22N2O3.ClH/c1-9(7-15-3)13(2)11(14)6-10-8-16-5-4-12-10;/h9-10,12H,4-8H2,1-3H3;1H. The highest BCUT2D eigenvalue weighted by molar-refractivity contribution is 5.85. The third-order valence-corrected chi connectivity index (χ3v) is 2.88. The van der Waals surface area contributed by atoms with Gasteiger partial charge in [0, 0.05) is 33.2 Å². The Morgan fingerprint density at radius 1 is 1.65 bits per heavy atom. The lowest BCUT2D eigenvalue weighted by atomic mass is 10.1. The number of rotatable bonds is 5. The summed E-state index contributed by atoms with van der Waals surface area (Å²) in [6.07, 6.45) is 0.491. The molecule has 2 unspecified atom stereocenters. The van der Waals surface area contributed by atoms with Gasteiger partial charge in [0.15, 0.2) is 0 Å². The van der Waals surface area contributed by atoms with E-state index in [4.69, 9.17) is 9.47 Å². The van der Waals surface area contributed by atoms with E-state index >= 15 is 0 Å². The van der Waals surface area contributed by atoms with Crippen LogP contribution in [-0.2, 0) is 14.3 Å². The summed E-state index contributed by atoms with van der Waals surface area (Å²) < 4.78 is 10.3. The summed E-state index contributed by atoms with van der Waals surface area (Å²) in [6, 6.07) is 0.264. The largest absolute Gasteiger partial charge is 0.383 e. The monoisotopic (exact) mass is 266 g/mol. The van der Waals surface area contributed by atoms with E-state index in [1.54, 1.807) is 12.0 Å². The Morgan fingerprint density at radius 3 is 2.88 bits per heavy atom. The Balaban J connectivity index is 0.00000256. The molecule has 102 valence electrons. The van der Waals surface area contributed by atoms with E-state index in [0.29, 0.717) is 19.6 Å². The molecule has 0 aromatic rings. The molecule has 1 rings (SSSR count). The fraction of sp³-hybridized carbons (Fsp3) is 0.909. The number of nitrogens with one attached hydrogen (secondary N) is 1. The highest BCUT2D eigenvalue weighted by Crippen LogP contribution is 2.04. The Bertz CT molecular complexity index is 223. The summed E-state index contributed by atoms with van der Waals surface area (Å²) in [5.74, 6) is 0.132. The number of carbonyl (C=O) groups is 1. The lowest BCUT2D eigenvalue weighted by molar-refractivity contribution is -0.133. The number of halogens is 1. The van der Waals surface area contributed by atoms with Crippen molar-refractivity contribution >= 4 is 18.3 Å². The maximum absolute atomic E-state index is 11.9. The maximum atomic E-state index is 11.9. The molecule has 5 nitrogen and oxygen atoms in total. The second-order valence-electron chi connectivity index (χ2n) is 4.24. The molecule has 2 atom stereocenters. The van der Waals surface area contributed by atoms with Crippen molar-refractivity contribution in [3.05, 3.63) is 0 Å². The van der Waals surface area contributed by atoms with Gasteiger partial charge in [-0.05, 0) is 6.92 Å². The Hall–Kier alpha value is -0.360. The molecule has 0 saturated carbocycles. The van der Waals surface area contributed by atoms with Crippen LogP contribution in [0.2, 0.25) is 0 Å². The fourth-order valence-electron chi connectivity index (χ4n) is 1.70. The van der Waals surface area contributed by atoms with Gasteiger partial charge in [0.05, 0.1) is 25.9 Å². The average molecular weight is 267 g/mol. The first kappa shape index (κ1) is 16.6. The number of likely N-dealkylation sites (N-methyl/N-ethyl adjacent to an activating group) is 1. The minimum Gasteiger partial charge on any atom is -0.383 e. The van der Waals surface area contributed by atoms with Crippen LogP contribution in [0, 0.1) is 0 Å². The molecule has 1 aliphatic heterocycles. The number of carbonyl (C=O) groups excluding carboxylic acids is 1. The first-order valence-electron chi connectivity index (χ1n) is 5.71. The molecule has 6 heteroatoms. The number of morpholine rings is 1. The van der Waals surface area contributed by atoms with Crippen LogP contribution in [-0.4, -0.2) is 63.4 Å². The number of methoxy groups -OCH3 is 1. The molecule has 17 heavy (non-hydrogen) atoms. The van der Waals surface area contributed by atoms with E-state index in [9.17, 15) is 4.79 Å². The van der Waals surface area contributed by atoms with Crippen LogP contribution in [0.1, 0.15) is 13.3 Å². The number of ether oxygens (including phenoxy) is 2. The lowest BCUT2D eigenvalue weighted by Crippen LogP contribution is -2.46. The molecule has 0 aromatic carbocycles. The van der Waals surface area contributed by atoms with Gasteiger partial charge >= 0.3 is 0 Å². The predicted octanol–water partition coefficient (Wildman–Crippen LogP) is 0.280. The zero-order valence-electron chi connectivity index (χ0n) is 10.8. The summed E-state index contributed by atoms with van der Waals surface area (Å²) in [6.45, 7) is 4.73. The molecule has 0 aromatic heterocycles. The minimum atomic E-state index is 0. The van der Waals surface area contributed by atoms with Gasteiger partial charge in [-0.1, -0.05) is 0 Å². The van der Waals surface area contributed by atoms with Crippen LogP contribution in [0.3, 0.4) is 0 Å². The smallest absolute Gasteiger partial charge is 0.224 e. The Labute approximate surface area is 109 Å². The molecule has 0 spiro atoms. The number of nitrogens with zero attached hydrogens (tertiary/aromatic N) is 1. The van der Waals surface area contributed by atoms with E-state index < -0.39 is 0 Å². The second-order valence-corrected chi connectivity index (χ2v) is 4.24. The molecular formula is C11H23ClN2O3. The van der Waals surface area contributed by atoms with Crippen molar-refractivity contribution in [2.45, 2.75) is 25.4 Å².